The molecule has 4 rings (SSSR count). The summed E-state index contributed by atoms with van der Waals surface area (Å²) in [6.45, 7) is 1.01. The molecule has 0 unspecified atom stereocenters. The molecule has 0 atom stereocenters. The van der Waals surface area contributed by atoms with Gasteiger partial charge in [-0.25, -0.2) is 0 Å². The smallest absolute Gasteiger partial charge is 0.125 e. The van der Waals surface area contributed by atoms with Crippen molar-refractivity contribution in [1.29, 1.82) is 0 Å². The van der Waals surface area contributed by atoms with Crippen LogP contribution in [0.25, 0.3) is 10.8 Å². The second-order valence-corrected chi connectivity index (χ2v) is 6.95. The lowest BCUT2D eigenvalue weighted by Gasteiger charge is -2.16. The molecule has 0 aliphatic carbocycles. The highest BCUT2D eigenvalue weighted by Gasteiger charge is 2.10. The van der Waals surface area contributed by atoms with Gasteiger partial charge in [0.15, 0.2) is 0 Å². The van der Waals surface area contributed by atoms with E-state index in [1.54, 1.807) is 12.1 Å². The van der Waals surface area contributed by atoms with Gasteiger partial charge in [0.25, 0.3) is 0 Å². The van der Waals surface area contributed by atoms with Gasteiger partial charge in [-0.1, -0.05) is 60.1 Å². The van der Waals surface area contributed by atoms with E-state index < -0.39 is 0 Å². The summed E-state index contributed by atoms with van der Waals surface area (Å²) in [5.74, 6) is 1.07. The van der Waals surface area contributed by atoms with Crippen molar-refractivity contribution >= 4 is 28.1 Å². The molecule has 28 heavy (non-hydrogen) atoms. The lowest BCUT2D eigenvalue weighted by molar-refractivity contribution is 0.304. The van der Waals surface area contributed by atoms with Gasteiger partial charge in [0, 0.05) is 28.4 Å². The maximum atomic E-state index is 9.47. The summed E-state index contributed by atoms with van der Waals surface area (Å²) in [5.41, 5.74) is 2.97. The van der Waals surface area contributed by atoms with Crippen molar-refractivity contribution in [2.75, 3.05) is 5.32 Å². The van der Waals surface area contributed by atoms with Crippen LogP contribution in [0.1, 0.15) is 11.1 Å². The normalized spacial score (nSPS) is 10.8. The number of fused-ring (bicyclic) bond motifs is 1. The second kappa shape index (κ2) is 8.24. The lowest BCUT2D eigenvalue weighted by atomic mass is 10.0. The Hall–Kier alpha value is -3.17. The summed E-state index contributed by atoms with van der Waals surface area (Å²) in [4.78, 5) is 0. The third-order valence-electron chi connectivity index (χ3n) is 4.68. The van der Waals surface area contributed by atoms with Crippen LogP contribution in [-0.2, 0) is 13.2 Å². The quantitative estimate of drug-likeness (QED) is 0.375. The number of phenolic OH excluding ortho intramolecular Hbond substituents is 1. The van der Waals surface area contributed by atoms with Crippen LogP contribution in [0.4, 0.5) is 5.69 Å². The molecule has 0 radical (unpaired) electrons. The molecule has 0 fully saturated rings. The Kier molecular flexibility index (Phi) is 5.36. The average molecular weight is 390 g/mol. The third-order valence-corrected chi connectivity index (χ3v) is 5.04. The Labute approximate surface area is 169 Å². The van der Waals surface area contributed by atoms with Crippen molar-refractivity contribution in [3.05, 3.63) is 101 Å². The number of anilines is 1. The van der Waals surface area contributed by atoms with Crippen LogP contribution >= 0.6 is 11.6 Å². The molecule has 2 N–H and O–H groups in total. The first kappa shape index (κ1) is 18.2. The number of nitrogens with one attached hydrogen (secondary N) is 1. The number of hydrogen-bond donors (Lipinski definition) is 2. The Morgan fingerprint density at radius 2 is 1.57 bits per heavy atom. The van der Waals surface area contributed by atoms with Crippen LogP contribution in [0.15, 0.2) is 84.9 Å². The number of aromatic hydroxyl groups is 1. The maximum Gasteiger partial charge on any atom is 0.125 e. The monoisotopic (exact) mass is 389 g/mol. The number of benzene rings is 4. The van der Waals surface area contributed by atoms with Crippen molar-refractivity contribution in [2.24, 2.45) is 0 Å². The first-order valence-corrected chi connectivity index (χ1v) is 9.48. The molecule has 0 aliphatic heterocycles. The molecule has 0 saturated carbocycles. The maximum absolute atomic E-state index is 9.47. The first-order chi connectivity index (χ1) is 13.7. The molecule has 0 spiro atoms. The highest BCUT2D eigenvalue weighted by atomic mass is 35.5. The van der Waals surface area contributed by atoms with Crippen molar-refractivity contribution in [1.82, 2.24) is 0 Å². The molecule has 4 heteroatoms. The first-order valence-electron chi connectivity index (χ1n) is 9.10. The van der Waals surface area contributed by atoms with E-state index in [1.807, 2.05) is 54.6 Å². The van der Waals surface area contributed by atoms with Crippen molar-refractivity contribution in [3.8, 4) is 11.5 Å². The predicted octanol–water partition coefficient (Wildman–Crippen LogP) is 6.39. The number of halogens is 1. The zero-order valence-electron chi connectivity index (χ0n) is 15.2. The summed E-state index contributed by atoms with van der Waals surface area (Å²) < 4.78 is 6.16. The van der Waals surface area contributed by atoms with Crippen LogP contribution in [0, 0.1) is 0 Å². The fourth-order valence-corrected chi connectivity index (χ4v) is 3.36. The van der Waals surface area contributed by atoms with Gasteiger partial charge >= 0.3 is 0 Å². The Bertz CT molecular complexity index is 1090. The van der Waals surface area contributed by atoms with Crippen LogP contribution in [0.3, 0.4) is 0 Å². The Morgan fingerprint density at radius 1 is 0.821 bits per heavy atom. The predicted molar refractivity (Wildman–Crippen MR) is 115 cm³/mol. The van der Waals surface area contributed by atoms with Gasteiger partial charge in [0.05, 0.1) is 0 Å². The van der Waals surface area contributed by atoms with Gasteiger partial charge in [-0.05, 0) is 47.2 Å². The van der Waals surface area contributed by atoms with E-state index in [0.717, 1.165) is 33.3 Å². The van der Waals surface area contributed by atoms with E-state index in [4.69, 9.17) is 16.3 Å². The molecular weight excluding hydrogens is 370 g/mol. The molecule has 3 nitrogen and oxygen atoms in total. The molecule has 0 aliphatic rings. The molecular formula is C24H20ClNO2. The van der Waals surface area contributed by atoms with E-state index in [-0.39, 0.29) is 5.75 Å². The van der Waals surface area contributed by atoms with E-state index in [2.05, 4.69) is 23.5 Å². The number of hydrogen-bond acceptors (Lipinski definition) is 3. The van der Waals surface area contributed by atoms with Gasteiger partial charge in [-0.2, -0.15) is 0 Å². The van der Waals surface area contributed by atoms with E-state index in [1.165, 1.54) is 0 Å². The summed E-state index contributed by atoms with van der Waals surface area (Å²) in [5, 5.41) is 15.9. The van der Waals surface area contributed by atoms with E-state index in [0.29, 0.717) is 18.2 Å². The summed E-state index contributed by atoms with van der Waals surface area (Å²) >= 11 is 6.27. The minimum Gasteiger partial charge on any atom is -0.508 e. The van der Waals surface area contributed by atoms with Crippen LogP contribution < -0.4 is 10.1 Å². The number of phenols is 1. The minimum absolute atomic E-state index is 0.250. The number of ether oxygens (including phenoxy) is 1. The molecule has 4 aromatic carbocycles. The highest BCUT2D eigenvalue weighted by molar-refractivity contribution is 6.31. The summed E-state index contributed by atoms with van der Waals surface area (Å²) in [6.07, 6.45) is 0. The molecule has 0 heterocycles. The van der Waals surface area contributed by atoms with E-state index >= 15 is 0 Å². The third kappa shape index (κ3) is 4.05. The SMILES string of the molecule is Oc1ccc(NCc2c(OCc3ccccc3Cl)ccc3ccccc23)cc1. The molecule has 0 saturated heterocycles. The van der Waals surface area contributed by atoms with Crippen molar-refractivity contribution < 1.29 is 9.84 Å². The van der Waals surface area contributed by atoms with Crippen molar-refractivity contribution in [2.45, 2.75) is 13.2 Å². The summed E-state index contributed by atoms with van der Waals surface area (Å²) in [6, 6.07) is 27.1. The molecule has 0 amide bonds. The minimum atomic E-state index is 0.250. The summed E-state index contributed by atoms with van der Waals surface area (Å²) in [7, 11) is 0. The van der Waals surface area contributed by atoms with Gasteiger partial charge in [-0.3, -0.25) is 0 Å². The highest BCUT2D eigenvalue weighted by Crippen LogP contribution is 2.30. The lowest BCUT2D eigenvalue weighted by Crippen LogP contribution is -2.05. The average Bonchev–Trinajstić information content (AvgIpc) is 2.73. The zero-order valence-corrected chi connectivity index (χ0v) is 16.0. The fourth-order valence-electron chi connectivity index (χ4n) is 3.17. The van der Waals surface area contributed by atoms with E-state index in [9.17, 15) is 5.11 Å². The van der Waals surface area contributed by atoms with Gasteiger partial charge < -0.3 is 15.2 Å². The second-order valence-electron chi connectivity index (χ2n) is 6.54. The molecule has 4 aromatic rings. The topological polar surface area (TPSA) is 41.5 Å². The van der Waals surface area contributed by atoms with Crippen molar-refractivity contribution in [3.63, 3.8) is 0 Å². The van der Waals surface area contributed by atoms with Gasteiger partial charge in [-0.15, -0.1) is 0 Å². The number of rotatable bonds is 6. The Morgan fingerprint density at radius 3 is 2.39 bits per heavy atom. The zero-order chi connectivity index (χ0) is 19.3. The molecule has 0 aromatic heterocycles. The molecule has 140 valence electrons. The van der Waals surface area contributed by atoms with Gasteiger partial charge in [0.1, 0.15) is 18.1 Å². The van der Waals surface area contributed by atoms with Crippen LogP contribution in [0.2, 0.25) is 5.02 Å². The largest absolute Gasteiger partial charge is 0.508 e. The molecule has 0 bridgehead atoms. The van der Waals surface area contributed by atoms with Crippen LogP contribution in [-0.4, -0.2) is 5.11 Å². The fraction of sp³-hybridized carbons (Fsp3) is 0.0833. The van der Waals surface area contributed by atoms with Gasteiger partial charge in [0.2, 0.25) is 0 Å². The van der Waals surface area contributed by atoms with Crippen LogP contribution in [0.5, 0.6) is 11.5 Å². The Balaban J connectivity index is 1.62. The standard InChI is InChI=1S/C24H20ClNO2/c25-23-8-4-2-6-18(23)16-28-24-14-9-17-5-1-3-7-21(17)22(24)15-26-19-10-12-20(27)13-11-19/h1-14,26-27H,15-16H2.